The minimum absolute atomic E-state index is 0.263. The zero-order valence-corrected chi connectivity index (χ0v) is 9.95. The Morgan fingerprint density at radius 3 is 3.05 bits per heavy atom. The van der Waals surface area contributed by atoms with Crippen LogP contribution in [0, 0.1) is 11.8 Å². The minimum atomic E-state index is -0.311. The first-order chi connectivity index (χ1) is 9.21. The minimum Gasteiger partial charge on any atom is -0.461 e. The van der Waals surface area contributed by atoms with Gasteiger partial charge >= 0.3 is 0 Å². The highest BCUT2D eigenvalue weighted by Gasteiger charge is 2.39. The van der Waals surface area contributed by atoms with E-state index < -0.39 is 0 Å². The fourth-order valence-corrected chi connectivity index (χ4v) is 1.70. The van der Waals surface area contributed by atoms with Crippen LogP contribution in [0.3, 0.4) is 0 Å². The summed E-state index contributed by atoms with van der Waals surface area (Å²) in [6.07, 6.45) is 4.70. The maximum atomic E-state index is 6.13. The van der Waals surface area contributed by atoms with Gasteiger partial charge in [0.05, 0.1) is 12.8 Å². The lowest BCUT2D eigenvalue weighted by atomic mass is 10.4. The predicted molar refractivity (Wildman–Crippen MR) is 70.5 cm³/mol. The molecule has 4 N–H and O–H groups in total. The van der Waals surface area contributed by atoms with Gasteiger partial charge in [-0.1, -0.05) is 5.92 Å². The van der Waals surface area contributed by atoms with Crippen molar-refractivity contribution in [1.82, 2.24) is 0 Å². The number of quaternary nitrogens is 1. The number of rotatable bonds is 1. The largest absolute Gasteiger partial charge is 0.461 e. The third-order valence-corrected chi connectivity index (χ3v) is 2.55. The Hall–Kier alpha value is -2.53. The second-order valence-electron chi connectivity index (χ2n) is 3.89. The Balaban J connectivity index is 1.99. The first kappa shape index (κ1) is 11.6. The standard InChI is InChI=1S/C12H11N6O/c13-5-1-3-9-8-18(14)11(7-15-9)16-12(17-18)10-4-2-6-19-10/h2,4,6-8H,5,13-14H2/q+1. The van der Waals surface area contributed by atoms with E-state index in [9.17, 15) is 0 Å². The lowest BCUT2D eigenvalue weighted by Gasteiger charge is -2.17. The maximum Gasteiger partial charge on any atom is 0.300 e. The molecule has 94 valence electrons. The number of nitrogens with two attached hydrogens (primary N) is 2. The Kier molecular flexibility index (Phi) is 2.61. The number of fused-ring (bicyclic) bond motifs is 1. The van der Waals surface area contributed by atoms with Gasteiger partial charge in [0, 0.05) is 0 Å². The molecule has 1 unspecified atom stereocenters. The predicted octanol–water partition coefficient (Wildman–Crippen LogP) is -0.0683. The Labute approximate surface area is 109 Å². The molecule has 1 aromatic rings. The van der Waals surface area contributed by atoms with Crippen LogP contribution >= 0.6 is 0 Å². The molecule has 0 spiro atoms. The van der Waals surface area contributed by atoms with Crippen molar-refractivity contribution >= 4 is 17.9 Å². The molecule has 0 saturated carbocycles. The second-order valence-corrected chi connectivity index (χ2v) is 3.89. The number of nitrogens with zero attached hydrogens (tertiary/aromatic N) is 4. The molecule has 0 aliphatic carbocycles. The highest BCUT2D eigenvalue weighted by atomic mass is 16.3. The van der Waals surface area contributed by atoms with Gasteiger partial charge in [0.1, 0.15) is 6.21 Å². The van der Waals surface area contributed by atoms with Crippen molar-refractivity contribution < 1.29 is 9.12 Å². The third-order valence-electron chi connectivity index (χ3n) is 2.55. The summed E-state index contributed by atoms with van der Waals surface area (Å²) in [5, 5.41) is 4.31. The quantitative estimate of drug-likeness (QED) is 0.417. The molecular weight excluding hydrogens is 244 g/mol. The Bertz CT molecular complexity index is 686. The van der Waals surface area contributed by atoms with E-state index in [0.717, 1.165) is 0 Å². The highest BCUT2D eigenvalue weighted by molar-refractivity contribution is 6.31. The number of hydrogen-bond donors (Lipinski definition) is 2. The number of amidine groups is 2. The van der Waals surface area contributed by atoms with E-state index in [1.54, 1.807) is 30.8 Å². The van der Waals surface area contributed by atoms with Crippen LogP contribution in [0.5, 0.6) is 0 Å². The van der Waals surface area contributed by atoms with Gasteiger partial charge in [0.2, 0.25) is 0 Å². The van der Waals surface area contributed by atoms with Crippen LogP contribution in [-0.2, 0) is 0 Å². The monoisotopic (exact) mass is 255 g/mol. The topological polar surface area (TPSA) is 102 Å². The lowest BCUT2D eigenvalue weighted by molar-refractivity contribution is -0.803. The third kappa shape index (κ3) is 2.00. The Morgan fingerprint density at radius 1 is 1.42 bits per heavy atom. The number of allylic oxidation sites excluding steroid dienone is 1. The fourth-order valence-electron chi connectivity index (χ4n) is 1.70. The summed E-state index contributed by atoms with van der Waals surface area (Å²) in [5.41, 5.74) is 5.83. The summed E-state index contributed by atoms with van der Waals surface area (Å²) in [6.45, 7) is 0.263. The summed E-state index contributed by atoms with van der Waals surface area (Å²) >= 11 is 0. The molecule has 0 aromatic carbocycles. The van der Waals surface area contributed by atoms with Gasteiger partial charge in [-0.25, -0.2) is 4.99 Å². The summed E-state index contributed by atoms with van der Waals surface area (Å²) in [5.74, 6) is 13.2. The summed E-state index contributed by atoms with van der Waals surface area (Å²) in [6, 6.07) is 3.53. The molecule has 2 aliphatic heterocycles. The van der Waals surface area contributed by atoms with Crippen LogP contribution in [0.25, 0.3) is 0 Å². The molecule has 19 heavy (non-hydrogen) atoms. The summed E-state index contributed by atoms with van der Waals surface area (Å²) in [7, 11) is 0. The van der Waals surface area contributed by atoms with Crippen LogP contribution in [0.1, 0.15) is 5.76 Å². The number of hydrogen-bond acceptors (Lipinski definition) is 6. The molecule has 0 bridgehead atoms. The van der Waals surface area contributed by atoms with E-state index in [1.165, 1.54) is 0 Å². The average Bonchev–Trinajstić information content (AvgIpc) is 3.01. The van der Waals surface area contributed by atoms with Crippen molar-refractivity contribution in [2.75, 3.05) is 6.54 Å². The van der Waals surface area contributed by atoms with Crippen molar-refractivity contribution in [3.8, 4) is 11.8 Å². The molecule has 3 rings (SSSR count). The molecule has 2 aliphatic rings. The van der Waals surface area contributed by atoms with Gasteiger partial charge in [0.25, 0.3) is 11.7 Å². The van der Waals surface area contributed by atoms with E-state index in [-0.39, 0.29) is 11.2 Å². The van der Waals surface area contributed by atoms with Gasteiger partial charge in [-0.3, -0.25) is 0 Å². The first-order valence-corrected chi connectivity index (χ1v) is 5.58. The average molecular weight is 255 g/mol. The molecule has 0 amide bonds. The van der Waals surface area contributed by atoms with Gasteiger partial charge in [-0.05, 0) is 27.9 Å². The molecule has 1 atom stereocenters. The van der Waals surface area contributed by atoms with Gasteiger partial charge in [-0.15, -0.1) is 5.84 Å². The molecule has 3 heterocycles. The summed E-state index contributed by atoms with van der Waals surface area (Å²) in [4.78, 5) is 8.44. The van der Waals surface area contributed by atoms with E-state index in [1.807, 2.05) is 0 Å². The normalized spacial score (nSPS) is 24.0. The molecule has 0 fully saturated rings. The molecule has 0 radical (unpaired) electrons. The van der Waals surface area contributed by atoms with Crippen molar-refractivity contribution in [1.29, 1.82) is 0 Å². The van der Waals surface area contributed by atoms with Gasteiger partial charge in [0.15, 0.2) is 17.7 Å². The zero-order chi connectivity index (χ0) is 13.3. The number of aliphatic imine (C=N–C) groups is 2. The number of furan rings is 1. The van der Waals surface area contributed by atoms with Crippen LogP contribution in [0.4, 0.5) is 0 Å². The fraction of sp³-hybridized carbons (Fsp3) is 0.0833. The molecule has 7 nitrogen and oxygen atoms in total. The molecule has 7 heteroatoms. The van der Waals surface area contributed by atoms with Crippen molar-refractivity contribution in [2.45, 2.75) is 0 Å². The van der Waals surface area contributed by atoms with Crippen LogP contribution in [0.2, 0.25) is 0 Å². The molecule has 0 saturated heterocycles. The lowest BCUT2D eigenvalue weighted by Crippen LogP contribution is -2.50. The molecule has 1 aromatic heterocycles. The van der Waals surface area contributed by atoms with Crippen LogP contribution < -0.4 is 11.6 Å². The van der Waals surface area contributed by atoms with Crippen molar-refractivity contribution in [3.63, 3.8) is 0 Å². The van der Waals surface area contributed by atoms with Crippen LogP contribution in [0.15, 0.2) is 49.8 Å². The van der Waals surface area contributed by atoms with Crippen LogP contribution in [-0.4, -0.2) is 29.1 Å². The van der Waals surface area contributed by atoms with E-state index >= 15 is 0 Å². The first-order valence-electron chi connectivity index (χ1n) is 5.58. The zero-order valence-electron chi connectivity index (χ0n) is 9.95. The Morgan fingerprint density at radius 2 is 2.32 bits per heavy atom. The van der Waals surface area contributed by atoms with Gasteiger partial charge in [-0.2, -0.15) is 4.99 Å². The SMILES string of the molecule is NCC#CC1=C[N+]2(N)N=C(c3ccco3)N=C2C=N1. The van der Waals surface area contributed by atoms with Gasteiger partial charge < -0.3 is 10.2 Å². The van der Waals surface area contributed by atoms with E-state index in [0.29, 0.717) is 23.1 Å². The molecular formula is C12H11N6O+. The van der Waals surface area contributed by atoms with E-state index in [2.05, 4.69) is 26.9 Å². The van der Waals surface area contributed by atoms with Crippen molar-refractivity contribution in [3.05, 3.63) is 36.1 Å². The van der Waals surface area contributed by atoms with Crippen molar-refractivity contribution in [2.24, 2.45) is 26.7 Å². The van der Waals surface area contributed by atoms with E-state index in [4.69, 9.17) is 16.0 Å². The highest BCUT2D eigenvalue weighted by Crippen LogP contribution is 2.20. The maximum absolute atomic E-state index is 6.13. The second kappa shape index (κ2) is 4.29. The smallest absolute Gasteiger partial charge is 0.300 e. The summed E-state index contributed by atoms with van der Waals surface area (Å²) < 4.78 is 4.94.